The molecule has 0 aliphatic carbocycles. The summed E-state index contributed by atoms with van der Waals surface area (Å²) in [6, 6.07) is 9.62. The lowest BCUT2D eigenvalue weighted by atomic mass is 10.3. The molecule has 18 heavy (non-hydrogen) atoms. The summed E-state index contributed by atoms with van der Waals surface area (Å²) in [4.78, 5) is 9.52. The zero-order chi connectivity index (χ0) is 13.0. The van der Waals surface area contributed by atoms with Crippen molar-refractivity contribution < 1.29 is 4.74 Å². The van der Waals surface area contributed by atoms with Gasteiger partial charge >= 0.3 is 0 Å². The maximum atomic E-state index is 5.72. The van der Waals surface area contributed by atoms with Crippen molar-refractivity contribution in [3.8, 4) is 5.75 Å². The Balaban J connectivity index is 2.11. The van der Waals surface area contributed by atoms with E-state index in [0.29, 0.717) is 18.2 Å². The fourth-order valence-electron chi connectivity index (χ4n) is 1.60. The third-order valence-electron chi connectivity index (χ3n) is 2.35. The Morgan fingerprint density at radius 3 is 2.78 bits per heavy atom. The van der Waals surface area contributed by atoms with Gasteiger partial charge in [-0.15, -0.1) is 11.8 Å². The summed E-state index contributed by atoms with van der Waals surface area (Å²) in [5, 5.41) is 0. The van der Waals surface area contributed by atoms with Gasteiger partial charge in [0.05, 0.1) is 0 Å². The SMILES string of the molecule is CSc1ccccc1OCc1nc(C)cc(N)n1. The molecule has 5 heteroatoms. The molecule has 1 aromatic heterocycles. The molecular formula is C13H15N3OS. The first kappa shape index (κ1) is 12.7. The van der Waals surface area contributed by atoms with Crippen LogP contribution in [-0.4, -0.2) is 16.2 Å². The van der Waals surface area contributed by atoms with Crippen LogP contribution in [0.3, 0.4) is 0 Å². The van der Waals surface area contributed by atoms with Gasteiger partial charge in [0, 0.05) is 16.7 Å². The van der Waals surface area contributed by atoms with E-state index in [1.807, 2.05) is 37.4 Å². The monoisotopic (exact) mass is 261 g/mol. The molecule has 0 saturated carbocycles. The van der Waals surface area contributed by atoms with Crippen molar-refractivity contribution in [1.29, 1.82) is 0 Å². The molecular weight excluding hydrogens is 246 g/mol. The molecule has 0 unspecified atom stereocenters. The van der Waals surface area contributed by atoms with Crippen LogP contribution in [0.1, 0.15) is 11.5 Å². The van der Waals surface area contributed by atoms with Gasteiger partial charge in [-0.25, -0.2) is 9.97 Å². The van der Waals surface area contributed by atoms with Crippen LogP contribution in [0.4, 0.5) is 5.82 Å². The van der Waals surface area contributed by atoms with Gasteiger partial charge < -0.3 is 10.5 Å². The first-order chi connectivity index (χ1) is 8.69. The molecule has 0 spiro atoms. The van der Waals surface area contributed by atoms with E-state index in [2.05, 4.69) is 9.97 Å². The molecule has 0 atom stereocenters. The van der Waals surface area contributed by atoms with Gasteiger partial charge in [-0.2, -0.15) is 0 Å². The summed E-state index contributed by atoms with van der Waals surface area (Å²) in [7, 11) is 0. The van der Waals surface area contributed by atoms with Gasteiger partial charge in [0.2, 0.25) is 0 Å². The highest BCUT2D eigenvalue weighted by Gasteiger charge is 2.04. The summed E-state index contributed by atoms with van der Waals surface area (Å²) in [6.45, 7) is 2.21. The lowest BCUT2D eigenvalue weighted by Gasteiger charge is -2.09. The molecule has 0 radical (unpaired) electrons. The molecule has 0 saturated heterocycles. The Morgan fingerprint density at radius 2 is 2.06 bits per heavy atom. The molecule has 2 aromatic rings. The molecule has 2 N–H and O–H groups in total. The minimum absolute atomic E-state index is 0.323. The number of nitrogen functional groups attached to an aromatic ring is 1. The molecule has 1 heterocycles. The average molecular weight is 261 g/mol. The number of rotatable bonds is 4. The van der Waals surface area contributed by atoms with Crippen LogP contribution in [0, 0.1) is 6.92 Å². The van der Waals surface area contributed by atoms with Crippen molar-refractivity contribution in [3.05, 3.63) is 41.9 Å². The van der Waals surface area contributed by atoms with E-state index in [0.717, 1.165) is 16.3 Å². The standard InChI is InChI=1S/C13H15N3OS/c1-9-7-12(14)16-13(15-9)8-17-10-5-3-4-6-11(10)18-2/h3-7H,8H2,1-2H3,(H2,14,15,16). The Morgan fingerprint density at radius 1 is 1.28 bits per heavy atom. The summed E-state index contributed by atoms with van der Waals surface area (Å²) in [5.41, 5.74) is 6.52. The van der Waals surface area contributed by atoms with E-state index in [1.165, 1.54) is 0 Å². The molecule has 94 valence electrons. The quantitative estimate of drug-likeness (QED) is 0.857. The van der Waals surface area contributed by atoms with Crippen LogP contribution in [0.15, 0.2) is 35.2 Å². The van der Waals surface area contributed by atoms with Crippen LogP contribution in [0.5, 0.6) is 5.75 Å². The predicted octanol–water partition coefficient (Wildman–Crippen LogP) is 2.67. The number of hydrogen-bond acceptors (Lipinski definition) is 5. The normalized spacial score (nSPS) is 10.3. The summed E-state index contributed by atoms with van der Waals surface area (Å²) in [6.07, 6.45) is 2.02. The van der Waals surface area contributed by atoms with E-state index >= 15 is 0 Å². The largest absolute Gasteiger partial charge is 0.484 e. The zero-order valence-electron chi connectivity index (χ0n) is 10.4. The molecule has 0 bridgehead atoms. The second-order valence-corrected chi connectivity index (χ2v) is 4.64. The van der Waals surface area contributed by atoms with E-state index < -0.39 is 0 Å². The third kappa shape index (κ3) is 3.13. The second kappa shape index (κ2) is 5.73. The minimum atomic E-state index is 0.323. The number of benzene rings is 1. The highest BCUT2D eigenvalue weighted by atomic mass is 32.2. The van der Waals surface area contributed by atoms with Crippen LogP contribution >= 0.6 is 11.8 Å². The number of para-hydroxylation sites is 1. The van der Waals surface area contributed by atoms with E-state index in [4.69, 9.17) is 10.5 Å². The number of anilines is 1. The van der Waals surface area contributed by atoms with E-state index in [1.54, 1.807) is 17.8 Å². The number of nitrogens with two attached hydrogens (primary N) is 1. The lowest BCUT2D eigenvalue weighted by molar-refractivity contribution is 0.289. The third-order valence-corrected chi connectivity index (χ3v) is 3.12. The van der Waals surface area contributed by atoms with Crippen molar-refractivity contribution >= 4 is 17.6 Å². The first-order valence-corrected chi connectivity index (χ1v) is 6.77. The summed E-state index contributed by atoms with van der Waals surface area (Å²) >= 11 is 1.65. The lowest BCUT2D eigenvalue weighted by Crippen LogP contribution is -2.05. The van der Waals surface area contributed by atoms with Crippen molar-refractivity contribution in [2.45, 2.75) is 18.4 Å². The number of ether oxygens (including phenoxy) is 1. The Hall–Kier alpha value is -1.75. The molecule has 0 fully saturated rings. The number of thioether (sulfide) groups is 1. The molecule has 2 rings (SSSR count). The predicted molar refractivity (Wildman–Crippen MR) is 73.7 cm³/mol. The molecule has 0 amide bonds. The number of hydrogen-bond donors (Lipinski definition) is 1. The molecule has 0 aliphatic heterocycles. The highest BCUT2D eigenvalue weighted by molar-refractivity contribution is 7.98. The highest BCUT2D eigenvalue weighted by Crippen LogP contribution is 2.27. The summed E-state index contributed by atoms with van der Waals surface area (Å²) in [5.74, 6) is 1.91. The Kier molecular flexibility index (Phi) is 4.04. The zero-order valence-corrected chi connectivity index (χ0v) is 11.2. The topological polar surface area (TPSA) is 61.0 Å². The van der Waals surface area contributed by atoms with Crippen LogP contribution < -0.4 is 10.5 Å². The Labute approximate surface area is 111 Å². The fraction of sp³-hybridized carbons (Fsp3) is 0.231. The first-order valence-electron chi connectivity index (χ1n) is 5.55. The molecule has 4 nitrogen and oxygen atoms in total. The van der Waals surface area contributed by atoms with Gasteiger partial charge in [-0.05, 0) is 25.3 Å². The average Bonchev–Trinajstić information content (AvgIpc) is 2.35. The van der Waals surface area contributed by atoms with Gasteiger partial charge in [0.1, 0.15) is 18.2 Å². The minimum Gasteiger partial charge on any atom is -0.484 e. The summed E-state index contributed by atoms with van der Waals surface area (Å²) < 4.78 is 5.72. The second-order valence-electron chi connectivity index (χ2n) is 3.79. The van der Waals surface area contributed by atoms with Gasteiger partial charge in [-0.3, -0.25) is 0 Å². The van der Waals surface area contributed by atoms with Crippen molar-refractivity contribution in [1.82, 2.24) is 9.97 Å². The van der Waals surface area contributed by atoms with Gasteiger partial charge in [-0.1, -0.05) is 12.1 Å². The number of nitrogens with zero attached hydrogens (tertiary/aromatic N) is 2. The molecule has 0 aliphatic rings. The number of aromatic nitrogens is 2. The smallest absolute Gasteiger partial charge is 0.168 e. The van der Waals surface area contributed by atoms with Crippen LogP contribution in [-0.2, 0) is 6.61 Å². The van der Waals surface area contributed by atoms with E-state index in [9.17, 15) is 0 Å². The van der Waals surface area contributed by atoms with E-state index in [-0.39, 0.29) is 0 Å². The molecule has 1 aromatic carbocycles. The van der Waals surface area contributed by atoms with Crippen LogP contribution in [0.25, 0.3) is 0 Å². The number of aryl methyl sites for hydroxylation is 1. The van der Waals surface area contributed by atoms with Gasteiger partial charge in [0.15, 0.2) is 5.82 Å². The van der Waals surface area contributed by atoms with Gasteiger partial charge in [0.25, 0.3) is 0 Å². The van der Waals surface area contributed by atoms with Crippen molar-refractivity contribution in [2.75, 3.05) is 12.0 Å². The maximum Gasteiger partial charge on any atom is 0.168 e. The Bertz CT molecular complexity index is 525. The van der Waals surface area contributed by atoms with Crippen molar-refractivity contribution in [3.63, 3.8) is 0 Å². The van der Waals surface area contributed by atoms with Crippen LogP contribution in [0.2, 0.25) is 0 Å². The fourth-order valence-corrected chi connectivity index (χ4v) is 2.14. The maximum absolute atomic E-state index is 5.72. The van der Waals surface area contributed by atoms with Crippen molar-refractivity contribution in [2.24, 2.45) is 0 Å².